The third-order valence-electron chi connectivity index (χ3n) is 3.37. The summed E-state index contributed by atoms with van der Waals surface area (Å²) in [6, 6.07) is 9.65. The summed E-state index contributed by atoms with van der Waals surface area (Å²) in [5.41, 5.74) is 1.49. The van der Waals surface area contributed by atoms with E-state index in [1.165, 1.54) is 0 Å². The van der Waals surface area contributed by atoms with Gasteiger partial charge in [-0.3, -0.25) is 4.79 Å². The Morgan fingerprint density at radius 1 is 1.29 bits per heavy atom. The van der Waals surface area contributed by atoms with Crippen LogP contribution in [0.25, 0.3) is 10.9 Å². The highest BCUT2D eigenvalue weighted by molar-refractivity contribution is 5.78. The lowest BCUT2D eigenvalue weighted by molar-refractivity contribution is 0.439. The number of para-hydroxylation sites is 1. The van der Waals surface area contributed by atoms with Gasteiger partial charge in [0.15, 0.2) is 0 Å². The molecule has 3 rings (SSSR count). The summed E-state index contributed by atoms with van der Waals surface area (Å²) in [7, 11) is 0. The summed E-state index contributed by atoms with van der Waals surface area (Å²) in [6.07, 6.45) is 2.57. The minimum atomic E-state index is -0.0668. The van der Waals surface area contributed by atoms with E-state index >= 15 is 0 Å². The van der Waals surface area contributed by atoms with Crippen molar-refractivity contribution in [1.82, 2.24) is 15.3 Å². The molecule has 5 heteroatoms. The number of rotatable bonds is 5. The van der Waals surface area contributed by atoms with Gasteiger partial charge in [0, 0.05) is 24.0 Å². The topological polar surface area (TPSA) is 70.9 Å². The molecule has 0 saturated heterocycles. The molecule has 0 radical (unpaired) electrons. The molecule has 2 aromatic heterocycles. The molecule has 21 heavy (non-hydrogen) atoms. The maximum atomic E-state index is 12.0. The minimum Gasteiger partial charge on any atom is -0.444 e. The van der Waals surface area contributed by atoms with Gasteiger partial charge in [0.2, 0.25) is 5.89 Å². The van der Waals surface area contributed by atoms with Crippen LogP contribution < -0.4 is 10.9 Å². The number of H-pyrrole nitrogens is 1. The monoisotopic (exact) mass is 283 g/mol. The van der Waals surface area contributed by atoms with E-state index < -0.39 is 0 Å². The molecule has 0 aliphatic heterocycles. The summed E-state index contributed by atoms with van der Waals surface area (Å²) in [4.78, 5) is 19.1. The zero-order valence-electron chi connectivity index (χ0n) is 11.8. The van der Waals surface area contributed by atoms with Crippen molar-refractivity contribution in [3.63, 3.8) is 0 Å². The lowest BCUT2D eigenvalue weighted by Crippen LogP contribution is -2.20. The molecule has 108 valence electrons. The number of aryl methyl sites for hydroxylation is 1. The van der Waals surface area contributed by atoms with Crippen LogP contribution in [0.5, 0.6) is 0 Å². The number of oxazole rings is 1. The molecule has 0 fully saturated rings. The fourth-order valence-electron chi connectivity index (χ4n) is 2.22. The van der Waals surface area contributed by atoms with Crippen LogP contribution in [-0.4, -0.2) is 9.97 Å². The van der Waals surface area contributed by atoms with E-state index in [0.717, 1.165) is 23.1 Å². The number of fused-ring (bicyclic) bond motifs is 1. The molecule has 0 aliphatic rings. The number of hydrogen-bond acceptors (Lipinski definition) is 4. The van der Waals surface area contributed by atoms with Gasteiger partial charge >= 0.3 is 0 Å². The summed E-state index contributed by atoms with van der Waals surface area (Å²) < 4.78 is 5.51. The smallest absolute Gasteiger partial charge is 0.252 e. The van der Waals surface area contributed by atoms with Crippen molar-refractivity contribution in [2.45, 2.75) is 26.4 Å². The molecule has 0 atom stereocenters. The largest absolute Gasteiger partial charge is 0.444 e. The normalized spacial score (nSPS) is 11.1. The lowest BCUT2D eigenvalue weighted by atomic mass is 10.1. The quantitative estimate of drug-likeness (QED) is 0.754. The highest BCUT2D eigenvalue weighted by atomic mass is 16.4. The van der Waals surface area contributed by atoms with E-state index in [-0.39, 0.29) is 5.56 Å². The second-order valence-corrected chi connectivity index (χ2v) is 4.89. The molecule has 0 bridgehead atoms. The van der Waals surface area contributed by atoms with Crippen LogP contribution in [0.1, 0.15) is 24.1 Å². The van der Waals surface area contributed by atoms with Crippen LogP contribution in [0.3, 0.4) is 0 Å². The molecule has 2 heterocycles. The minimum absolute atomic E-state index is 0.0668. The third-order valence-corrected chi connectivity index (χ3v) is 3.37. The average Bonchev–Trinajstić information content (AvgIpc) is 2.96. The van der Waals surface area contributed by atoms with Crippen molar-refractivity contribution in [3.05, 3.63) is 64.1 Å². The molecule has 1 aromatic carbocycles. The predicted molar refractivity (Wildman–Crippen MR) is 81.0 cm³/mol. The van der Waals surface area contributed by atoms with Crippen molar-refractivity contribution in [3.8, 4) is 0 Å². The fourth-order valence-corrected chi connectivity index (χ4v) is 2.22. The van der Waals surface area contributed by atoms with Crippen LogP contribution in [0.2, 0.25) is 0 Å². The van der Waals surface area contributed by atoms with Crippen LogP contribution in [0, 0.1) is 0 Å². The van der Waals surface area contributed by atoms with Gasteiger partial charge in [-0.15, -0.1) is 0 Å². The van der Waals surface area contributed by atoms with Gasteiger partial charge in [0.25, 0.3) is 5.56 Å². The van der Waals surface area contributed by atoms with Gasteiger partial charge in [-0.1, -0.05) is 25.1 Å². The summed E-state index contributed by atoms with van der Waals surface area (Å²) >= 11 is 0. The number of benzene rings is 1. The van der Waals surface area contributed by atoms with E-state index in [0.29, 0.717) is 24.5 Å². The Kier molecular flexibility index (Phi) is 3.83. The standard InChI is InChI=1S/C16H17N3O2/c1-2-13-9-18-15(21-13)10-17-8-12-7-11-5-3-4-6-14(11)19-16(12)20/h3-7,9,17H,2,8,10H2,1H3,(H,19,20). The highest BCUT2D eigenvalue weighted by Gasteiger charge is 2.05. The first-order valence-electron chi connectivity index (χ1n) is 7.01. The van der Waals surface area contributed by atoms with Crippen molar-refractivity contribution in [2.24, 2.45) is 0 Å². The van der Waals surface area contributed by atoms with Crippen LogP contribution in [0.4, 0.5) is 0 Å². The van der Waals surface area contributed by atoms with E-state index in [1.54, 1.807) is 6.20 Å². The first-order chi connectivity index (χ1) is 10.3. The van der Waals surface area contributed by atoms with Crippen molar-refractivity contribution in [1.29, 1.82) is 0 Å². The zero-order valence-corrected chi connectivity index (χ0v) is 11.8. The van der Waals surface area contributed by atoms with E-state index in [2.05, 4.69) is 15.3 Å². The Labute approximate surface area is 122 Å². The number of aromatic amines is 1. The zero-order chi connectivity index (χ0) is 14.7. The fraction of sp³-hybridized carbons (Fsp3) is 0.250. The average molecular weight is 283 g/mol. The molecular weight excluding hydrogens is 266 g/mol. The Morgan fingerprint density at radius 2 is 2.14 bits per heavy atom. The van der Waals surface area contributed by atoms with E-state index in [1.807, 2.05) is 37.3 Å². The first kappa shape index (κ1) is 13.6. The molecule has 2 N–H and O–H groups in total. The predicted octanol–water partition coefficient (Wildman–Crippen LogP) is 2.37. The van der Waals surface area contributed by atoms with Crippen molar-refractivity contribution >= 4 is 10.9 Å². The van der Waals surface area contributed by atoms with Crippen LogP contribution in [-0.2, 0) is 19.5 Å². The summed E-state index contributed by atoms with van der Waals surface area (Å²) in [5.74, 6) is 1.51. The maximum Gasteiger partial charge on any atom is 0.252 e. The second kappa shape index (κ2) is 5.93. The van der Waals surface area contributed by atoms with Crippen molar-refractivity contribution < 1.29 is 4.42 Å². The Balaban J connectivity index is 1.70. The van der Waals surface area contributed by atoms with Crippen LogP contribution >= 0.6 is 0 Å². The molecule has 3 aromatic rings. The molecule has 0 amide bonds. The van der Waals surface area contributed by atoms with E-state index in [4.69, 9.17) is 4.42 Å². The van der Waals surface area contributed by atoms with Gasteiger partial charge in [-0.05, 0) is 17.5 Å². The molecule has 0 unspecified atom stereocenters. The molecule has 0 spiro atoms. The number of nitrogens with zero attached hydrogens (tertiary/aromatic N) is 1. The Morgan fingerprint density at radius 3 is 2.95 bits per heavy atom. The maximum absolute atomic E-state index is 12.0. The number of nitrogens with one attached hydrogen (secondary N) is 2. The van der Waals surface area contributed by atoms with Crippen molar-refractivity contribution in [2.75, 3.05) is 0 Å². The number of pyridine rings is 1. The van der Waals surface area contributed by atoms with Gasteiger partial charge < -0.3 is 14.7 Å². The molecule has 0 saturated carbocycles. The van der Waals surface area contributed by atoms with Gasteiger partial charge in [-0.25, -0.2) is 4.98 Å². The highest BCUT2D eigenvalue weighted by Crippen LogP contribution is 2.10. The number of aromatic nitrogens is 2. The lowest BCUT2D eigenvalue weighted by Gasteiger charge is -2.04. The molecular formula is C16H17N3O2. The molecule has 0 aliphatic carbocycles. The summed E-state index contributed by atoms with van der Waals surface area (Å²) in [5, 5.41) is 4.21. The third kappa shape index (κ3) is 3.03. The first-order valence-corrected chi connectivity index (χ1v) is 7.01. The summed E-state index contributed by atoms with van der Waals surface area (Å²) in [6.45, 7) is 3.00. The Bertz CT molecular complexity index is 804. The number of hydrogen-bond donors (Lipinski definition) is 2. The Hall–Kier alpha value is -2.40. The SMILES string of the molecule is CCc1cnc(CNCc2cc3ccccc3[nH]c2=O)o1. The van der Waals surface area contributed by atoms with Crippen LogP contribution in [0.15, 0.2) is 45.7 Å². The van der Waals surface area contributed by atoms with Gasteiger partial charge in [-0.2, -0.15) is 0 Å². The van der Waals surface area contributed by atoms with Gasteiger partial charge in [0.1, 0.15) is 5.76 Å². The second-order valence-electron chi connectivity index (χ2n) is 4.89. The van der Waals surface area contributed by atoms with Gasteiger partial charge in [0.05, 0.1) is 12.7 Å². The van der Waals surface area contributed by atoms with E-state index in [9.17, 15) is 4.79 Å². The molecule has 5 nitrogen and oxygen atoms in total.